The third-order valence-electron chi connectivity index (χ3n) is 1.74. The van der Waals surface area contributed by atoms with Crippen molar-refractivity contribution in [3.05, 3.63) is 35.1 Å². The normalized spacial score (nSPS) is 9.47. The van der Waals surface area contributed by atoms with Crippen LogP contribution in [0.2, 0.25) is 0 Å². The minimum atomic E-state index is -0.486. The van der Waals surface area contributed by atoms with Gasteiger partial charge in [0, 0.05) is 5.56 Å². The quantitative estimate of drug-likeness (QED) is 0.486. The summed E-state index contributed by atoms with van der Waals surface area (Å²) in [5, 5.41) is -0.0580. The fraction of sp³-hybridized carbons (Fsp3) is 0.111. The first kappa shape index (κ1) is 11.4. The molecule has 4 N–H and O–H groups in total. The molecule has 1 aromatic carbocycles. The average Bonchev–Trinajstić information content (AvgIpc) is 2.18. The Kier molecular flexibility index (Phi) is 3.56. The van der Waals surface area contributed by atoms with Gasteiger partial charge >= 0.3 is 0 Å². The van der Waals surface area contributed by atoms with Gasteiger partial charge in [-0.1, -0.05) is 6.07 Å². The number of amides is 1. The van der Waals surface area contributed by atoms with Crippen LogP contribution >= 0.6 is 12.2 Å². The molecule has 4 nitrogen and oxygen atoms in total. The summed E-state index contributed by atoms with van der Waals surface area (Å²) in [7, 11) is 0. The van der Waals surface area contributed by atoms with Crippen LogP contribution in [0.25, 0.3) is 0 Å². The minimum absolute atomic E-state index is 0.0580. The number of nitrogens with one attached hydrogen (secondary N) is 2. The second-order valence-corrected chi connectivity index (χ2v) is 3.34. The summed E-state index contributed by atoms with van der Waals surface area (Å²) in [5.41, 5.74) is 10.5. The summed E-state index contributed by atoms with van der Waals surface area (Å²) in [5.74, 6) is -0.958. The lowest BCUT2D eigenvalue weighted by molar-refractivity contribution is 0.0943. The third kappa shape index (κ3) is 3.17. The Morgan fingerprint density at radius 1 is 1.47 bits per heavy atom. The highest BCUT2D eigenvalue weighted by atomic mass is 32.1. The van der Waals surface area contributed by atoms with E-state index >= 15 is 0 Å². The molecule has 0 aliphatic carbocycles. The van der Waals surface area contributed by atoms with E-state index < -0.39 is 11.7 Å². The number of nitrogens with two attached hydrogens (primary N) is 1. The molecule has 80 valence electrons. The second kappa shape index (κ2) is 4.70. The molecule has 0 saturated heterocycles. The van der Waals surface area contributed by atoms with Crippen molar-refractivity contribution in [1.82, 2.24) is 10.9 Å². The lowest BCUT2D eigenvalue weighted by Crippen LogP contribution is -2.44. The van der Waals surface area contributed by atoms with Gasteiger partial charge in [-0.05, 0) is 36.8 Å². The zero-order valence-corrected chi connectivity index (χ0v) is 8.82. The zero-order valence-electron chi connectivity index (χ0n) is 8.00. The van der Waals surface area contributed by atoms with Crippen molar-refractivity contribution in [3.8, 4) is 0 Å². The summed E-state index contributed by atoms with van der Waals surface area (Å²) < 4.78 is 12.9. The molecule has 0 atom stereocenters. The van der Waals surface area contributed by atoms with Crippen LogP contribution in [0.3, 0.4) is 0 Å². The Balaban J connectivity index is 2.81. The Labute approximate surface area is 91.6 Å². The van der Waals surface area contributed by atoms with Crippen LogP contribution in [-0.2, 0) is 0 Å². The van der Waals surface area contributed by atoms with E-state index in [1.807, 2.05) is 0 Å². The van der Waals surface area contributed by atoms with E-state index in [0.29, 0.717) is 5.56 Å². The summed E-state index contributed by atoms with van der Waals surface area (Å²) in [6.45, 7) is 1.70. The SMILES string of the molecule is Cc1ccc(F)cc1C(=O)NNC(N)=S. The fourth-order valence-corrected chi connectivity index (χ4v) is 1.08. The van der Waals surface area contributed by atoms with Crippen molar-refractivity contribution in [3.63, 3.8) is 0 Å². The summed E-state index contributed by atoms with van der Waals surface area (Å²) in [6, 6.07) is 3.95. The molecule has 0 aromatic heterocycles. The van der Waals surface area contributed by atoms with Gasteiger partial charge in [0.2, 0.25) is 0 Å². The lowest BCUT2D eigenvalue weighted by atomic mass is 10.1. The number of thiocarbonyl (C=S) groups is 1. The van der Waals surface area contributed by atoms with Gasteiger partial charge in [-0.2, -0.15) is 0 Å². The van der Waals surface area contributed by atoms with E-state index in [-0.39, 0.29) is 10.7 Å². The van der Waals surface area contributed by atoms with Crippen molar-refractivity contribution in [1.29, 1.82) is 0 Å². The molecule has 0 unspecified atom stereocenters. The van der Waals surface area contributed by atoms with Crippen molar-refractivity contribution in [2.75, 3.05) is 0 Å². The Bertz CT molecular complexity index is 408. The molecule has 0 aliphatic heterocycles. The Morgan fingerprint density at radius 3 is 2.73 bits per heavy atom. The maximum Gasteiger partial charge on any atom is 0.270 e. The predicted molar refractivity (Wildman–Crippen MR) is 58.5 cm³/mol. The molecule has 0 aliphatic rings. The minimum Gasteiger partial charge on any atom is -0.375 e. The third-order valence-corrected chi connectivity index (χ3v) is 1.85. The molecule has 1 amide bonds. The van der Waals surface area contributed by atoms with Crippen LogP contribution in [0.15, 0.2) is 18.2 Å². The molecule has 1 rings (SSSR count). The van der Waals surface area contributed by atoms with E-state index in [4.69, 9.17) is 5.73 Å². The molecule has 15 heavy (non-hydrogen) atoms. The van der Waals surface area contributed by atoms with Gasteiger partial charge in [0.1, 0.15) is 5.82 Å². The summed E-state index contributed by atoms with van der Waals surface area (Å²) >= 11 is 4.50. The Morgan fingerprint density at radius 2 is 2.13 bits per heavy atom. The van der Waals surface area contributed by atoms with Crippen LogP contribution < -0.4 is 16.6 Å². The van der Waals surface area contributed by atoms with Crippen molar-refractivity contribution >= 4 is 23.2 Å². The molecule has 0 radical (unpaired) electrons. The predicted octanol–water partition coefficient (Wildman–Crippen LogP) is 0.612. The molecule has 0 spiro atoms. The van der Waals surface area contributed by atoms with E-state index in [2.05, 4.69) is 23.1 Å². The maximum atomic E-state index is 12.9. The highest BCUT2D eigenvalue weighted by molar-refractivity contribution is 7.80. The number of carbonyl (C=O) groups is 1. The number of hydrogen-bond acceptors (Lipinski definition) is 2. The van der Waals surface area contributed by atoms with Crippen LogP contribution in [0.5, 0.6) is 0 Å². The first-order chi connectivity index (χ1) is 7.00. The maximum absolute atomic E-state index is 12.9. The lowest BCUT2D eigenvalue weighted by Gasteiger charge is -2.08. The number of carbonyl (C=O) groups excluding carboxylic acids is 1. The van der Waals surface area contributed by atoms with E-state index in [0.717, 1.165) is 6.07 Å². The molecular weight excluding hydrogens is 217 g/mol. The average molecular weight is 227 g/mol. The van der Waals surface area contributed by atoms with Crippen LogP contribution in [0.1, 0.15) is 15.9 Å². The standard InChI is InChI=1S/C9H10FN3OS/c1-5-2-3-6(10)4-7(5)8(14)12-13-9(11)15/h2-4H,1H3,(H,12,14)(H3,11,13,15). The molecule has 0 heterocycles. The molecule has 0 saturated carbocycles. The monoisotopic (exact) mass is 227 g/mol. The van der Waals surface area contributed by atoms with Crippen LogP contribution in [-0.4, -0.2) is 11.0 Å². The highest BCUT2D eigenvalue weighted by Gasteiger charge is 2.09. The first-order valence-corrected chi connectivity index (χ1v) is 4.53. The van der Waals surface area contributed by atoms with E-state index in [1.165, 1.54) is 12.1 Å². The number of hydrazine groups is 1. The van der Waals surface area contributed by atoms with Gasteiger partial charge in [-0.15, -0.1) is 0 Å². The Hall–Kier alpha value is -1.69. The van der Waals surface area contributed by atoms with Crippen LogP contribution in [0.4, 0.5) is 4.39 Å². The van der Waals surface area contributed by atoms with Gasteiger partial charge in [-0.3, -0.25) is 15.6 Å². The zero-order chi connectivity index (χ0) is 11.4. The number of aryl methyl sites for hydroxylation is 1. The van der Waals surface area contributed by atoms with E-state index in [9.17, 15) is 9.18 Å². The number of hydrogen-bond donors (Lipinski definition) is 3. The summed E-state index contributed by atoms with van der Waals surface area (Å²) in [6.07, 6.45) is 0. The fourth-order valence-electron chi connectivity index (χ4n) is 1.02. The number of halogens is 1. The highest BCUT2D eigenvalue weighted by Crippen LogP contribution is 2.09. The number of rotatable bonds is 1. The van der Waals surface area contributed by atoms with Crippen molar-refractivity contribution < 1.29 is 9.18 Å². The van der Waals surface area contributed by atoms with Crippen LogP contribution in [0, 0.1) is 12.7 Å². The molecule has 1 aromatic rings. The molecule has 6 heteroatoms. The summed E-state index contributed by atoms with van der Waals surface area (Å²) in [4.78, 5) is 11.5. The molecule has 0 fully saturated rings. The van der Waals surface area contributed by atoms with E-state index in [1.54, 1.807) is 6.92 Å². The second-order valence-electron chi connectivity index (χ2n) is 2.90. The van der Waals surface area contributed by atoms with Gasteiger partial charge in [0.15, 0.2) is 5.11 Å². The topological polar surface area (TPSA) is 67.2 Å². The largest absolute Gasteiger partial charge is 0.375 e. The van der Waals surface area contributed by atoms with Crippen molar-refractivity contribution in [2.45, 2.75) is 6.92 Å². The van der Waals surface area contributed by atoms with Gasteiger partial charge in [0.05, 0.1) is 0 Å². The smallest absolute Gasteiger partial charge is 0.270 e. The molecular formula is C9H10FN3OS. The number of benzene rings is 1. The van der Waals surface area contributed by atoms with Gasteiger partial charge in [-0.25, -0.2) is 4.39 Å². The van der Waals surface area contributed by atoms with Gasteiger partial charge < -0.3 is 5.73 Å². The van der Waals surface area contributed by atoms with Crippen molar-refractivity contribution in [2.24, 2.45) is 5.73 Å². The van der Waals surface area contributed by atoms with Gasteiger partial charge in [0.25, 0.3) is 5.91 Å². The first-order valence-electron chi connectivity index (χ1n) is 4.12. The molecule has 0 bridgehead atoms.